The number of sulfonamides is 1. The molecule has 0 saturated heterocycles. The molecule has 1 saturated carbocycles. The van der Waals surface area contributed by atoms with Crippen LogP contribution in [0.5, 0.6) is 0 Å². The molecule has 9 heteroatoms. The van der Waals surface area contributed by atoms with Crippen molar-refractivity contribution in [1.82, 2.24) is 10.2 Å². The molecule has 1 unspecified atom stereocenters. The van der Waals surface area contributed by atoms with Crippen LogP contribution in [0.2, 0.25) is 0 Å². The minimum Gasteiger partial charge on any atom is -0.352 e. The lowest BCUT2D eigenvalue weighted by molar-refractivity contribution is -0.139. The van der Waals surface area contributed by atoms with Gasteiger partial charge in [0, 0.05) is 17.1 Å². The molecule has 0 spiro atoms. The molecule has 190 valence electrons. The Kier molecular flexibility index (Phi) is 8.99. The maximum Gasteiger partial charge on any atom is 0.244 e. The molecule has 1 aliphatic carbocycles. The maximum absolute atomic E-state index is 13.7. The lowest BCUT2D eigenvalue weighted by Crippen LogP contribution is -2.52. The monoisotopic (exact) mass is 563 g/mol. The van der Waals surface area contributed by atoms with E-state index < -0.39 is 28.5 Å². The summed E-state index contributed by atoms with van der Waals surface area (Å²) in [5.74, 6) is -0.665. The van der Waals surface area contributed by atoms with E-state index >= 15 is 0 Å². The van der Waals surface area contributed by atoms with Crippen molar-refractivity contribution >= 4 is 43.5 Å². The summed E-state index contributed by atoms with van der Waals surface area (Å²) in [6, 6.07) is 12.3. The fourth-order valence-electron chi connectivity index (χ4n) is 4.49. The molecule has 0 radical (unpaired) electrons. The Bertz CT molecular complexity index is 1180. The summed E-state index contributed by atoms with van der Waals surface area (Å²) in [5, 5.41) is 3.07. The number of rotatable bonds is 9. The van der Waals surface area contributed by atoms with E-state index in [0.29, 0.717) is 5.69 Å². The van der Waals surface area contributed by atoms with Crippen molar-refractivity contribution in [2.45, 2.75) is 65.1 Å². The zero-order valence-corrected chi connectivity index (χ0v) is 23.2. The first-order valence-electron chi connectivity index (χ1n) is 11.8. The number of hydrogen-bond acceptors (Lipinski definition) is 4. The average molecular weight is 565 g/mol. The van der Waals surface area contributed by atoms with Crippen molar-refractivity contribution in [2.24, 2.45) is 0 Å². The van der Waals surface area contributed by atoms with Crippen LogP contribution in [0.3, 0.4) is 0 Å². The van der Waals surface area contributed by atoms with E-state index in [1.807, 2.05) is 50.2 Å². The van der Waals surface area contributed by atoms with Crippen LogP contribution >= 0.6 is 15.9 Å². The van der Waals surface area contributed by atoms with E-state index in [1.54, 1.807) is 13.0 Å². The topological polar surface area (TPSA) is 86.8 Å². The number of amides is 2. The van der Waals surface area contributed by atoms with Gasteiger partial charge in [-0.25, -0.2) is 8.42 Å². The van der Waals surface area contributed by atoms with Crippen LogP contribution in [0.25, 0.3) is 0 Å². The van der Waals surface area contributed by atoms with Crippen LogP contribution < -0.4 is 9.62 Å². The number of hydrogen-bond donors (Lipinski definition) is 1. The summed E-state index contributed by atoms with van der Waals surface area (Å²) in [5.41, 5.74) is 3.05. The van der Waals surface area contributed by atoms with Gasteiger partial charge in [-0.3, -0.25) is 13.9 Å². The number of benzene rings is 2. The van der Waals surface area contributed by atoms with Crippen LogP contribution in [0, 0.1) is 13.8 Å². The van der Waals surface area contributed by atoms with Crippen molar-refractivity contribution < 1.29 is 18.0 Å². The molecule has 1 atom stereocenters. The molecule has 2 aromatic rings. The molecule has 0 heterocycles. The normalized spacial score (nSPS) is 15.0. The van der Waals surface area contributed by atoms with Gasteiger partial charge in [-0.15, -0.1) is 0 Å². The second kappa shape index (κ2) is 11.6. The van der Waals surface area contributed by atoms with E-state index in [9.17, 15) is 18.0 Å². The number of carbonyl (C=O) groups is 2. The molecule has 35 heavy (non-hydrogen) atoms. The Hall–Kier alpha value is -2.39. The third kappa shape index (κ3) is 7.30. The number of aryl methyl sites for hydroxylation is 2. The third-order valence-electron chi connectivity index (χ3n) is 6.41. The van der Waals surface area contributed by atoms with Crippen molar-refractivity contribution in [3.8, 4) is 0 Å². The predicted molar refractivity (Wildman–Crippen MR) is 143 cm³/mol. The maximum atomic E-state index is 13.7. The quantitative estimate of drug-likeness (QED) is 0.492. The van der Waals surface area contributed by atoms with E-state index in [0.717, 1.165) is 57.4 Å². The zero-order valence-electron chi connectivity index (χ0n) is 20.8. The molecular formula is C26H34BrN3O4S. The first kappa shape index (κ1) is 27.2. The molecule has 1 N–H and O–H groups in total. The first-order chi connectivity index (χ1) is 16.5. The van der Waals surface area contributed by atoms with Crippen molar-refractivity contribution in [2.75, 3.05) is 17.1 Å². The van der Waals surface area contributed by atoms with Gasteiger partial charge in [0.25, 0.3) is 0 Å². The molecule has 1 fully saturated rings. The smallest absolute Gasteiger partial charge is 0.244 e. The second-order valence-corrected chi connectivity index (χ2v) is 12.2. The van der Waals surface area contributed by atoms with Crippen LogP contribution in [-0.4, -0.2) is 50.0 Å². The number of nitrogens with zero attached hydrogens (tertiary/aromatic N) is 2. The summed E-state index contributed by atoms with van der Waals surface area (Å²) < 4.78 is 27.5. The Labute approximate surface area is 217 Å². The van der Waals surface area contributed by atoms with Crippen LogP contribution in [0.1, 0.15) is 49.3 Å². The number of anilines is 1. The Morgan fingerprint density at radius 2 is 1.80 bits per heavy atom. The molecule has 2 amide bonds. The molecular weight excluding hydrogens is 530 g/mol. The van der Waals surface area contributed by atoms with Gasteiger partial charge in [-0.1, -0.05) is 58.6 Å². The van der Waals surface area contributed by atoms with Gasteiger partial charge in [-0.05, 0) is 62.9 Å². The number of carbonyl (C=O) groups excluding carboxylic acids is 2. The summed E-state index contributed by atoms with van der Waals surface area (Å²) in [6.07, 6.45) is 5.13. The van der Waals surface area contributed by atoms with Crippen LogP contribution in [0.15, 0.2) is 46.9 Å². The summed E-state index contributed by atoms with van der Waals surface area (Å²) >= 11 is 3.45. The highest BCUT2D eigenvalue weighted by Crippen LogP contribution is 2.25. The lowest BCUT2D eigenvalue weighted by Gasteiger charge is -2.32. The Morgan fingerprint density at radius 1 is 1.11 bits per heavy atom. The molecule has 3 rings (SSSR count). The fraction of sp³-hybridized carbons (Fsp3) is 0.462. The minimum atomic E-state index is -3.75. The predicted octanol–water partition coefficient (Wildman–Crippen LogP) is 4.31. The van der Waals surface area contributed by atoms with E-state index in [1.165, 1.54) is 4.90 Å². The van der Waals surface area contributed by atoms with Gasteiger partial charge >= 0.3 is 0 Å². The molecule has 0 aliphatic heterocycles. The molecule has 0 bridgehead atoms. The van der Waals surface area contributed by atoms with Crippen molar-refractivity contribution in [1.29, 1.82) is 0 Å². The lowest BCUT2D eigenvalue weighted by atomic mass is 10.1. The van der Waals surface area contributed by atoms with Crippen molar-refractivity contribution in [3.05, 3.63) is 63.6 Å². The van der Waals surface area contributed by atoms with Crippen LogP contribution in [0.4, 0.5) is 5.69 Å². The largest absolute Gasteiger partial charge is 0.352 e. The standard InChI is InChI=1S/C26H34BrN3O4S/c1-18-12-13-24(19(2)14-18)30(35(4,33)34)17-25(31)29(16-21-8-7-9-22(27)15-21)20(3)26(32)28-23-10-5-6-11-23/h7-9,12-15,20,23H,5-6,10-11,16-17H2,1-4H3,(H,28,32). The number of nitrogens with one attached hydrogen (secondary N) is 1. The minimum absolute atomic E-state index is 0.121. The van der Waals surface area contributed by atoms with Gasteiger partial charge in [0.05, 0.1) is 11.9 Å². The molecule has 1 aliphatic rings. The van der Waals surface area contributed by atoms with Crippen LogP contribution in [-0.2, 0) is 26.2 Å². The van der Waals surface area contributed by atoms with Gasteiger partial charge < -0.3 is 10.2 Å². The highest BCUT2D eigenvalue weighted by atomic mass is 79.9. The fourth-order valence-corrected chi connectivity index (χ4v) is 5.84. The number of halogens is 1. The average Bonchev–Trinajstić information content (AvgIpc) is 3.28. The Balaban J connectivity index is 1.90. The first-order valence-corrected chi connectivity index (χ1v) is 14.5. The summed E-state index contributed by atoms with van der Waals surface area (Å²) in [4.78, 5) is 28.2. The molecule has 0 aromatic heterocycles. The van der Waals surface area contributed by atoms with Gasteiger partial charge in [-0.2, -0.15) is 0 Å². The summed E-state index contributed by atoms with van der Waals surface area (Å²) in [6.45, 7) is 5.24. The van der Waals surface area contributed by atoms with Gasteiger partial charge in [0.2, 0.25) is 21.8 Å². The van der Waals surface area contributed by atoms with Crippen molar-refractivity contribution in [3.63, 3.8) is 0 Å². The van der Waals surface area contributed by atoms with Gasteiger partial charge in [0.1, 0.15) is 12.6 Å². The molecule has 2 aromatic carbocycles. The summed E-state index contributed by atoms with van der Waals surface area (Å²) in [7, 11) is -3.75. The highest BCUT2D eigenvalue weighted by Gasteiger charge is 2.31. The molecule has 7 nitrogen and oxygen atoms in total. The van der Waals surface area contributed by atoms with Gasteiger partial charge in [0.15, 0.2) is 0 Å². The van der Waals surface area contributed by atoms with E-state index in [4.69, 9.17) is 0 Å². The Morgan fingerprint density at radius 3 is 2.40 bits per heavy atom. The zero-order chi connectivity index (χ0) is 25.8. The van der Waals surface area contributed by atoms with E-state index in [2.05, 4.69) is 21.2 Å². The second-order valence-electron chi connectivity index (χ2n) is 9.38. The third-order valence-corrected chi connectivity index (χ3v) is 8.03. The highest BCUT2D eigenvalue weighted by molar-refractivity contribution is 9.10. The SMILES string of the molecule is Cc1ccc(N(CC(=O)N(Cc2cccc(Br)c2)C(C)C(=O)NC2CCCC2)S(C)(=O)=O)c(C)c1. The van der Waals surface area contributed by atoms with E-state index in [-0.39, 0.29) is 18.5 Å².